The fourth-order valence-electron chi connectivity index (χ4n) is 3.56. The molecule has 1 aromatic rings. The molecule has 2 fully saturated rings. The van der Waals surface area contributed by atoms with Crippen molar-refractivity contribution in [2.24, 2.45) is 5.92 Å². The first-order valence-electron chi connectivity index (χ1n) is 9.12. The SMILES string of the molecule is O=C(O)CN(CC1CC1)C1CC(NC(=O)Cc2ccccc2C(F)(F)F)C1. The topological polar surface area (TPSA) is 69.6 Å². The van der Waals surface area contributed by atoms with Crippen molar-refractivity contribution in [3.8, 4) is 0 Å². The van der Waals surface area contributed by atoms with Gasteiger partial charge in [0.15, 0.2) is 0 Å². The summed E-state index contributed by atoms with van der Waals surface area (Å²) >= 11 is 0. The predicted octanol–water partition coefficient (Wildman–Crippen LogP) is 2.69. The third-order valence-electron chi connectivity index (χ3n) is 5.20. The molecule has 148 valence electrons. The largest absolute Gasteiger partial charge is 0.480 e. The zero-order chi connectivity index (χ0) is 19.6. The Labute approximate surface area is 155 Å². The number of carbonyl (C=O) groups excluding carboxylic acids is 1. The van der Waals surface area contributed by atoms with Crippen LogP contribution < -0.4 is 5.32 Å². The fraction of sp³-hybridized carbons (Fsp3) is 0.579. The minimum Gasteiger partial charge on any atom is -0.480 e. The molecule has 0 radical (unpaired) electrons. The lowest BCUT2D eigenvalue weighted by molar-refractivity contribution is -0.140. The number of rotatable bonds is 8. The number of halogens is 3. The zero-order valence-corrected chi connectivity index (χ0v) is 14.8. The molecule has 2 saturated carbocycles. The van der Waals surface area contributed by atoms with E-state index in [4.69, 9.17) is 5.11 Å². The molecule has 0 unspecified atom stereocenters. The first kappa shape index (κ1) is 19.7. The third-order valence-corrected chi connectivity index (χ3v) is 5.20. The van der Waals surface area contributed by atoms with Crippen LogP contribution in [-0.2, 0) is 22.2 Å². The van der Waals surface area contributed by atoms with Crippen LogP contribution in [0.3, 0.4) is 0 Å². The normalized spacial score (nSPS) is 22.4. The van der Waals surface area contributed by atoms with Crippen molar-refractivity contribution in [1.82, 2.24) is 10.2 Å². The summed E-state index contributed by atoms with van der Waals surface area (Å²) in [5, 5.41) is 11.8. The number of amides is 1. The van der Waals surface area contributed by atoms with E-state index in [-0.39, 0.29) is 30.6 Å². The molecular formula is C19H23F3N2O3. The van der Waals surface area contributed by atoms with Gasteiger partial charge < -0.3 is 10.4 Å². The zero-order valence-electron chi connectivity index (χ0n) is 14.8. The standard InChI is InChI=1S/C19H23F3N2O3/c20-19(21,22)16-4-2-1-3-13(16)7-17(25)23-14-8-15(9-14)24(11-18(26)27)10-12-5-6-12/h1-4,12,14-15H,5-11H2,(H,23,25)(H,26,27). The Kier molecular flexibility index (Phi) is 5.74. The number of nitrogens with one attached hydrogen (secondary N) is 1. The molecule has 2 N–H and O–H groups in total. The maximum absolute atomic E-state index is 13.0. The van der Waals surface area contributed by atoms with Crippen LogP contribution in [0.15, 0.2) is 24.3 Å². The van der Waals surface area contributed by atoms with E-state index in [1.54, 1.807) is 0 Å². The van der Waals surface area contributed by atoms with E-state index >= 15 is 0 Å². The lowest BCUT2D eigenvalue weighted by Gasteiger charge is -2.42. The minimum atomic E-state index is -4.49. The summed E-state index contributed by atoms with van der Waals surface area (Å²) in [5.74, 6) is -0.745. The molecular weight excluding hydrogens is 361 g/mol. The van der Waals surface area contributed by atoms with Crippen molar-refractivity contribution >= 4 is 11.9 Å². The van der Waals surface area contributed by atoms with Crippen LogP contribution in [0.5, 0.6) is 0 Å². The highest BCUT2D eigenvalue weighted by Crippen LogP contribution is 2.34. The maximum atomic E-state index is 13.0. The molecule has 27 heavy (non-hydrogen) atoms. The van der Waals surface area contributed by atoms with Gasteiger partial charge in [-0.1, -0.05) is 18.2 Å². The molecule has 3 rings (SSSR count). The van der Waals surface area contributed by atoms with E-state index in [1.807, 2.05) is 4.90 Å². The molecule has 5 nitrogen and oxygen atoms in total. The molecule has 1 amide bonds. The average Bonchev–Trinajstić information content (AvgIpc) is 3.33. The fourth-order valence-corrected chi connectivity index (χ4v) is 3.56. The number of nitrogens with zero attached hydrogens (tertiary/aromatic N) is 1. The molecule has 0 aliphatic heterocycles. The quantitative estimate of drug-likeness (QED) is 0.723. The second-order valence-corrected chi connectivity index (χ2v) is 7.49. The predicted molar refractivity (Wildman–Crippen MR) is 92.0 cm³/mol. The highest BCUT2D eigenvalue weighted by molar-refractivity contribution is 5.79. The van der Waals surface area contributed by atoms with E-state index < -0.39 is 23.6 Å². The Morgan fingerprint density at radius 3 is 2.44 bits per heavy atom. The highest BCUT2D eigenvalue weighted by atomic mass is 19.4. The van der Waals surface area contributed by atoms with Crippen LogP contribution in [0.2, 0.25) is 0 Å². The number of carbonyl (C=O) groups is 2. The summed E-state index contributed by atoms with van der Waals surface area (Å²) in [6.45, 7) is 0.747. The molecule has 0 aromatic heterocycles. The van der Waals surface area contributed by atoms with Gasteiger partial charge in [0, 0.05) is 18.6 Å². The van der Waals surface area contributed by atoms with Gasteiger partial charge in [-0.25, -0.2) is 0 Å². The lowest BCUT2D eigenvalue weighted by atomic mass is 9.85. The third kappa shape index (κ3) is 5.45. The summed E-state index contributed by atoms with van der Waals surface area (Å²) in [6.07, 6.45) is -1.29. The number of alkyl halides is 3. The second kappa shape index (κ2) is 7.88. The highest BCUT2D eigenvalue weighted by Gasteiger charge is 2.38. The van der Waals surface area contributed by atoms with Crippen molar-refractivity contribution < 1.29 is 27.9 Å². The number of aliphatic carboxylic acids is 1. The Hall–Kier alpha value is -2.09. The Bertz CT molecular complexity index is 698. The summed E-state index contributed by atoms with van der Waals surface area (Å²) in [5.41, 5.74) is -0.830. The van der Waals surface area contributed by atoms with E-state index in [0.717, 1.165) is 25.5 Å². The second-order valence-electron chi connectivity index (χ2n) is 7.49. The average molecular weight is 384 g/mol. The van der Waals surface area contributed by atoms with Gasteiger partial charge in [-0.15, -0.1) is 0 Å². The number of hydrogen-bond donors (Lipinski definition) is 2. The Morgan fingerprint density at radius 2 is 1.85 bits per heavy atom. The molecule has 0 saturated heterocycles. The van der Waals surface area contributed by atoms with Gasteiger partial charge in [-0.05, 0) is 43.2 Å². The van der Waals surface area contributed by atoms with Crippen LogP contribution in [0, 0.1) is 5.92 Å². The van der Waals surface area contributed by atoms with Crippen molar-refractivity contribution in [1.29, 1.82) is 0 Å². The monoisotopic (exact) mass is 384 g/mol. The number of benzene rings is 1. The van der Waals surface area contributed by atoms with Crippen LogP contribution in [0.4, 0.5) is 13.2 Å². The van der Waals surface area contributed by atoms with E-state index in [2.05, 4.69) is 5.32 Å². The molecule has 2 aliphatic rings. The summed E-state index contributed by atoms with van der Waals surface area (Å²) in [6, 6.07) is 5.07. The summed E-state index contributed by atoms with van der Waals surface area (Å²) in [4.78, 5) is 25.1. The number of carboxylic acids is 1. The van der Waals surface area contributed by atoms with Crippen LogP contribution >= 0.6 is 0 Å². The summed E-state index contributed by atoms with van der Waals surface area (Å²) in [7, 11) is 0. The minimum absolute atomic E-state index is 0.0131. The van der Waals surface area contributed by atoms with Crippen LogP contribution in [-0.4, -0.2) is 47.1 Å². The smallest absolute Gasteiger partial charge is 0.416 e. The van der Waals surface area contributed by atoms with Crippen molar-refractivity contribution in [3.05, 3.63) is 35.4 Å². The van der Waals surface area contributed by atoms with Gasteiger partial charge in [0.05, 0.1) is 18.5 Å². The van der Waals surface area contributed by atoms with Gasteiger partial charge in [-0.2, -0.15) is 13.2 Å². The van der Waals surface area contributed by atoms with E-state index in [0.29, 0.717) is 18.8 Å². The molecule has 0 heterocycles. The van der Waals surface area contributed by atoms with Crippen LogP contribution in [0.25, 0.3) is 0 Å². The first-order valence-corrected chi connectivity index (χ1v) is 9.12. The molecule has 8 heteroatoms. The van der Waals surface area contributed by atoms with Crippen molar-refractivity contribution in [2.45, 2.75) is 50.4 Å². The van der Waals surface area contributed by atoms with E-state index in [9.17, 15) is 22.8 Å². The maximum Gasteiger partial charge on any atom is 0.416 e. The van der Waals surface area contributed by atoms with Crippen molar-refractivity contribution in [3.63, 3.8) is 0 Å². The first-order chi connectivity index (χ1) is 12.7. The molecule has 2 aliphatic carbocycles. The summed E-state index contributed by atoms with van der Waals surface area (Å²) < 4.78 is 39.0. The van der Waals surface area contributed by atoms with Gasteiger partial charge in [0.1, 0.15) is 0 Å². The van der Waals surface area contributed by atoms with Gasteiger partial charge in [0.2, 0.25) is 5.91 Å². The Morgan fingerprint density at radius 1 is 1.19 bits per heavy atom. The molecule has 0 spiro atoms. The van der Waals surface area contributed by atoms with Gasteiger partial charge in [0.25, 0.3) is 0 Å². The lowest BCUT2D eigenvalue weighted by Crippen LogP contribution is -2.55. The number of hydrogen-bond acceptors (Lipinski definition) is 3. The Balaban J connectivity index is 1.50. The molecule has 0 atom stereocenters. The molecule has 1 aromatic carbocycles. The number of carboxylic acid groups (broad SMARTS) is 1. The van der Waals surface area contributed by atoms with Crippen molar-refractivity contribution in [2.75, 3.05) is 13.1 Å². The van der Waals surface area contributed by atoms with Gasteiger partial charge >= 0.3 is 12.1 Å². The molecule has 0 bridgehead atoms. The van der Waals surface area contributed by atoms with Gasteiger partial charge in [-0.3, -0.25) is 14.5 Å². The van der Waals surface area contributed by atoms with Crippen LogP contribution in [0.1, 0.15) is 36.8 Å². The van der Waals surface area contributed by atoms with E-state index in [1.165, 1.54) is 18.2 Å².